The van der Waals surface area contributed by atoms with Gasteiger partial charge in [0.25, 0.3) is 0 Å². The first-order valence-electron chi connectivity index (χ1n) is 17.9. The smallest absolute Gasteiger partial charge is 0.418 e. The van der Waals surface area contributed by atoms with Crippen molar-refractivity contribution in [1.82, 2.24) is 15.3 Å². The number of nitrogens with one attached hydrogen (secondary N) is 4. The van der Waals surface area contributed by atoms with Crippen molar-refractivity contribution in [1.29, 1.82) is 0 Å². The summed E-state index contributed by atoms with van der Waals surface area (Å²) in [6, 6.07) is 21.5. The first-order chi connectivity index (χ1) is 27.0. The van der Waals surface area contributed by atoms with Crippen molar-refractivity contribution in [3.8, 4) is 23.0 Å². The van der Waals surface area contributed by atoms with E-state index in [4.69, 9.17) is 19.9 Å². The van der Waals surface area contributed by atoms with E-state index in [0.717, 1.165) is 22.5 Å². The van der Waals surface area contributed by atoms with Gasteiger partial charge in [0.05, 0.1) is 31.3 Å². The fourth-order valence-corrected chi connectivity index (χ4v) is 6.91. The van der Waals surface area contributed by atoms with E-state index < -0.39 is 23.8 Å². The zero-order valence-corrected chi connectivity index (χ0v) is 31.8. The van der Waals surface area contributed by atoms with Crippen LogP contribution in [0.25, 0.3) is 21.8 Å². The molecule has 57 heavy (non-hydrogen) atoms. The van der Waals surface area contributed by atoms with E-state index in [2.05, 4.69) is 25.9 Å². The summed E-state index contributed by atoms with van der Waals surface area (Å²) in [6.45, 7) is 0.572. The van der Waals surface area contributed by atoms with Gasteiger partial charge in [0.1, 0.15) is 11.5 Å². The minimum absolute atomic E-state index is 0. The molecule has 3 amide bonds. The number of aromatic amines is 1. The summed E-state index contributed by atoms with van der Waals surface area (Å²) in [5, 5.41) is 9.81. The van der Waals surface area contributed by atoms with Crippen LogP contribution < -0.4 is 40.8 Å². The molecule has 4 aromatic carbocycles. The number of nitrogens with zero attached hydrogens (tertiary/aromatic N) is 2. The molecular formula is C41H41ClF3N7O5. The van der Waals surface area contributed by atoms with Crippen LogP contribution in [0.15, 0.2) is 97.3 Å². The summed E-state index contributed by atoms with van der Waals surface area (Å²) in [6.07, 6.45) is -0.0313. The molecule has 0 radical (unpaired) electrons. The lowest BCUT2D eigenvalue weighted by Gasteiger charge is -2.35. The molecule has 0 saturated carbocycles. The Morgan fingerprint density at radius 1 is 0.895 bits per heavy atom. The second-order valence-electron chi connectivity index (χ2n) is 13.4. The predicted octanol–water partition coefficient (Wildman–Crippen LogP) is 8.27. The van der Waals surface area contributed by atoms with E-state index in [9.17, 15) is 22.8 Å². The average molecular weight is 804 g/mol. The van der Waals surface area contributed by atoms with Crippen LogP contribution in [-0.4, -0.2) is 61.3 Å². The number of pyridine rings is 1. The van der Waals surface area contributed by atoms with Crippen molar-refractivity contribution in [3.05, 3.63) is 108 Å². The van der Waals surface area contributed by atoms with Crippen LogP contribution in [-0.2, 0) is 17.4 Å². The third-order valence-electron chi connectivity index (χ3n) is 9.72. The molecular weight excluding hydrogens is 763 g/mol. The number of methoxy groups -OCH3 is 2. The van der Waals surface area contributed by atoms with Gasteiger partial charge in [0.15, 0.2) is 11.5 Å². The molecule has 1 aliphatic heterocycles. The van der Waals surface area contributed by atoms with Gasteiger partial charge in [-0.05, 0) is 73.4 Å². The highest BCUT2D eigenvalue weighted by atomic mass is 35.5. The summed E-state index contributed by atoms with van der Waals surface area (Å²) in [5.41, 5.74) is 8.19. The Balaban J connectivity index is 0.00000549. The second-order valence-corrected chi connectivity index (χ2v) is 13.4. The van der Waals surface area contributed by atoms with E-state index >= 15 is 0 Å². The zero-order valence-electron chi connectivity index (χ0n) is 31.0. The third-order valence-corrected chi connectivity index (χ3v) is 9.72. The van der Waals surface area contributed by atoms with Gasteiger partial charge in [0.2, 0.25) is 5.91 Å². The first-order valence-corrected chi connectivity index (χ1v) is 17.9. The molecule has 0 unspecified atom stereocenters. The fourth-order valence-electron chi connectivity index (χ4n) is 6.91. The Kier molecular flexibility index (Phi) is 12.3. The number of hydrogen-bond acceptors (Lipinski definition) is 8. The number of anilines is 3. The number of ether oxygens (including phenoxy) is 3. The number of amides is 3. The molecule has 16 heteroatoms. The molecule has 6 aromatic rings. The number of carbonyl (C=O) groups excluding carboxylic acids is 2. The van der Waals surface area contributed by atoms with Gasteiger partial charge in [-0.15, -0.1) is 12.4 Å². The summed E-state index contributed by atoms with van der Waals surface area (Å²) in [4.78, 5) is 35.2. The molecule has 0 aliphatic carbocycles. The van der Waals surface area contributed by atoms with Gasteiger partial charge < -0.3 is 45.8 Å². The maximum Gasteiger partial charge on any atom is 0.418 e. The highest BCUT2D eigenvalue weighted by molar-refractivity contribution is 6.00. The van der Waals surface area contributed by atoms with Crippen LogP contribution in [0.5, 0.6) is 23.0 Å². The van der Waals surface area contributed by atoms with Gasteiger partial charge in [-0.1, -0.05) is 24.3 Å². The molecule has 7 rings (SSSR count). The normalized spacial score (nSPS) is 13.8. The Labute approximate surface area is 332 Å². The fraction of sp³-hybridized carbons (Fsp3) is 0.244. The van der Waals surface area contributed by atoms with Crippen LogP contribution in [0, 0.1) is 0 Å². The van der Waals surface area contributed by atoms with Gasteiger partial charge in [-0.2, -0.15) is 13.2 Å². The summed E-state index contributed by atoms with van der Waals surface area (Å²) in [5.74, 6) is 1.58. The number of nitrogens with two attached hydrogens (primary N) is 1. The van der Waals surface area contributed by atoms with Crippen LogP contribution >= 0.6 is 12.4 Å². The van der Waals surface area contributed by atoms with E-state index in [1.165, 1.54) is 26.4 Å². The van der Waals surface area contributed by atoms with Gasteiger partial charge in [-0.25, -0.2) is 4.79 Å². The quantitative estimate of drug-likeness (QED) is 0.0877. The molecule has 12 nitrogen and oxygen atoms in total. The largest absolute Gasteiger partial charge is 0.493 e. The topological polar surface area (TPSA) is 156 Å². The monoisotopic (exact) mass is 803 g/mol. The minimum atomic E-state index is -4.69. The number of H-pyrrole nitrogens is 1. The number of piperidine rings is 1. The third kappa shape index (κ3) is 9.27. The SMILES string of the molecule is COc1cc2nccc(Oc3cccc(NC(=O)Nc4ccc(N5CCC(NC(=O)[C@@H](N)Cc6c[nH]c7ccccc67)CC5)c(C(F)(F)F)c4)c3)c2cc1OC.Cl. The van der Waals surface area contributed by atoms with Crippen molar-refractivity contribution in [2.75, 3.05) is 42.8 Å². The van der Waals surface area contributed by atoms with Crippen LogP contribution in [0.2, 0.25) is 0 Å². The molecule has 2 aromatic heterocycles. The van der Waals surface area contributed by atoms with Crippen molar-refractivity contribution in [2.45, 2.75) is 37.5 Å². The van der Waals surface area contributed by atoms with E-state index in [1.807, 2.05) is 30.5 Å². The lowest BCUT2D eigenvalue weighted by atomic mass is 10.0. The second kappa shape index (κ2) is 17.3. The summed E-state index contributed by atoms with van der Waals surface area (Å²) >= 11 is 0. The van der Waals surface area contributed by atoms with Crippen LogP contribution in [0.4, 0.5) is 35.0 Å². The molecule has 1 fully saturated rings. The molecule has 1 aliphatic rings. The number of carbonyl (C=O) groups is 2. The lowest BCUT2D eigenvalue weighted by Crippen LogP contribution is -2.50. The predicted molar refractivity (Wildman–Crippen MR) is 216 cm³/mol. The number of urea groups is 1. The standard InChI is InChI=1S/C41H40F3N7O5.ClH/c1-54-37-21-30-34(22-38(37)55-2)46-15-12-36(30)56-28-7-5-6-26(19-28)49-40(53)50-27-10-11-35(31(20-27)41(42,43)44)51-16-13-25(14-17-51)48-39(52)32(45)18-24-23-47-33-9-4-3-8-29(24)33;/h3-12,15,19-23,25,32,47H,13-14,16-18,45H2,1-2H3,(H,48,52)(H2,49,50,53);1H/t32-;/m0./s1. The molecule has 0 bridgehead atoms. The van der Waals surface area contributed by atoms with Crippen LogP contribution in [0.3, 0.4) is 0 Å². The van der Waals surface area contributed by atoms with Crippen molar-refractivity contribution in [2.24, 2.45) is 5.73 Å². The Morgan fingerprint density at radius 3 is 2.35 bits per heavy atom. The molecule has 6 N–H and O–H groups in total. The lowest BCUT2D eigenvalue weighted by molar-refractivity contribution is -0.137. The highest BCUT2D eigenvalue weighted by Crippen LogP contribution is 2.40. The number of rotatable bonds is 11. The zero-order chi connectivity index (χ0) is 39.4. The average Bonchev–Trinajstić information content (AvgIpc) is 3.60. The highest BCUT2D eigenvalue weighted by Gasteiger charge is 2.36. The van der Waals surface area contributed by atoms with Gasteiger partial charge in [0, 0.05) is 77.0 Å². The number of para-hydroxylation sites is 1. The van der Waals surface area contributed by atoms with E-state index in [1.54, 1.807) is 53.6 Å². The number of alkyl halides is 3. The van der Waals surface area contributed by atoms with Crippen molar-refractivity contribution >= 4 is 63.2 Å². The number of benzene rings is 4. The maximum absolute atomic E-state index is 14.4. The first kappa shape index (κ1) is 40.5. The Morgan fingerprint density at radius 2 is 1.61 bits per heavy atom. The molecule has 298 valence electrons. The maximum atomic E-state index is 14.4. The summed E-state index contributed by atoms with van der Waals surface area (Å²) in [7, 11) is 3.06. The molecule has 1 saturated heterocycles. The molecule has 1 atom stereocenters. The molecule has 0 spiro atoms. The van der Waals surface area contributed by atoms with E-state index in [0.29, 0.717) is 58.9 Å². The van der Waals surface area contributed by atoms with Gasteiger partial charge >= 0.3 is 12.2 Å². The molecule has 3 heterocycles. The number of aromatic nitrogens is 2. The van der Waals surface area contributed by atoms with Crippen LogP contribution in [0.1, 0.15) is 24.0 Å². The van der Waals surface area contributed by atoms with Crippen molar-refractivity contribution < 1.29 is 37.0 Å². The number of halogens is 4. The number of hydrogen-bond donors (Lipinski definition) is 5. The van der Waals surface area contributed by atoms with Crippen molar-refractivity contribution in [3.63, 3.8) is 0 Å². The van der Waals surface area contributed by atoms with E-state index in [-0.39, 0.29) is 48.8 Å². The Hall–Kier alpha value is -6.19. The summed E-state index contributed by atoms with van der Waals surface area (Å²) < 4.78 is 60.1. The Bertz CT molecular complexity index is 2380. The van der Waals surface area contributed by atoms with Gasteiger partial charge in [-0.3, -0.25) is 9.78 Å². The number of fused-ring (bicyclic) bond motifs is 2. The minimum Gasteiger partial charge on any atom is -0.493 e.